The van der Waals surface area contributed by atoms with Crippen LogP contribution in [-0.4, -0.2) is 0 Å². The van der Waals surface area contributed by atoms with E-state index in [4.69, 9.17) is 0 Å². The molecule has 0 heterocycles. The first-order valence-electron chi connectivity index (χ1n) is 10.7. The molecular formula is C29H28. The van der Waals surface area contributed by atoms with E-state index in [1.165, 1.54) is 34.3 Å². The van der Waals surface area contributed by atoms with Gasteiger partial charge in [-0.05, 0) is 51.5 Å². The van der Waals surface area contributed by atoms with Gasteiger partial charge in [-0.3, -0.25) is 0 Å². The van der Waals surface area contributed by atoms with Gasteiger partial charge < -0.3 is 0 Å². The molecule has 3 aromatic carbocycles. The molecule has 2 aliphatic carbocycles. The molecule has 0 N–H and O–H groups in total. The number of fused-ring (bicyclic) bond motifs is 2. The fraction of sp³-hybridized carbons (Fsp3) is 0.241. The Kier molecular flexibility index (Phi) is 4.32. The minimum absolute atomic E-state index is 0.139. The van der Waals surface area contributed by atoms with Crippen LogP contribution in [0.3, 0.4) is 0 Å². The Morgan fingerprint density at radius 3 is 1.76 bits per heavy atom. The number of hydrogen-bond acceptors (Lipinski definition) is 0. The van der Waals surface area contributed by atoms with Crippen LogP contribution in [0.2, 0.25) is 0 Å². The Morgan fingerprint density at radius 2 is 1.24 bits per heavy atom. The second-order valence-electron chi connectivity index (χ2n) is 9.09. The van der Waals surface area contributed by atoms with Crippen molar-refractivity contribution >= 4 is 5.57 Å². The van der Waals surface area contributed by atoms with Gasteiger partial charge in [0.25, 0.3) is 0 Å². The lowest BCUT2D eigenvalue weighted by Crippen LogP contribution is -2.29. The lowest BCUT2D eigenvalue weighted by atomic mass is 9.64. The Labute approximate surface area is 174 Å². The zero-order valence-electron chi connectivity index (χ0n) is 17.3. The third-order valence-electron chi connectivity index (χ3n) is 7.32. The summed E-state index contributed by atoms with van der Waals surface area (Å²) < 4.78 is 0. The molecule has 5 rings (SSSR count). The highest BCUT2D eigenvalue weighted by atomic mass is 14.6. The lowest BCUT2D eigenvalue weighted by molar-refractivity contribution is 0.339. The third-order valence-corrected chi connectivity index (χ3v) is 7.32. The van der Waals surface area contributed by atoms with Crippen molar-refractivity contribution in [2.75, 3.05) is 0 Å². The first-order valence-corrected chi connectivity index (χ1v) is 10.7. The predicted octanol–water partition coefficient (Wildman–Crippen LogP) is 7.50. The maximum Gasteiger partial charge on any atom is 0.0126 e. The summed E-state index contributed by atoms with van der Waals surface area (Å²) in [6, 6.07) is 33.0. The maximum absolute atomic E-state index is 4.58. The van der Waals surface area contributed by atoms with Gasteiger partial charge in [-0.15, -0.1) is 0 Å². The lowest BCUT2D eigenvalue weighted by Gasteiger charge is -2.40. The first kappa shape index (κ1) is 18.2. The van der Waals surface area contributed by atoms with Crippen LogP contribution in [-0.2, 0) is 0 Å². The quantitative estimate of drug-likeness (QED) is 0.415. The molecule has 2 aliphatic rings. The summed E-state index contributed by atoms with van der Waals surface area (Å²) in [5, 5.41) is 0. The summed E-state index contributed by atoms with van der Waals surface area (Å²) in [6.07, 6.45) is 1.21. The van der Waals surface area contributed by atoms with Crippen molar-refractivity contribution in [3.8, 4) is 0 Å². The van der Waals surface area contributed by atoms with E-state index in [1.54, 1.807) is 5.57 Å². The molecule has 0 nitrogen and oxygen atoms in total. The maximum atomic E-state index is 4.58. The summed E-state index contributed by atoms with van der Waals surface area (Å²) in [7, 11) is 0. The molecule has 0 spiro atoms. The second kappa shape index (κ2) is 6.88. The number of hydrogen-bond donors (Lipinski definition) is 0. The molecule has 0 aliphatic heterocycles. The largest absolute Gasteiger partial charge is 0.0990 e. The van der Waals surface area contributed by atoms with Crippen molar-refractivity contribution in [2.24, 2.45) is 17.3 Å². The van der Waals surface area contributed by atoms with Crippen molar-refractivity contribution in [3.05, 3.63) is 125 Å². The summed E-state index contributed by atoms with van der Waals surface area (Å²) >= 11 is 0. The van der Waals surface area contributed by atoms with Crippen molar-refractivity contribution in [3.63, 3.8) is 0 Å². The van der Waals surface area contributed by atoms with E-state index in [0.717, 1.165) is 0 Å². The molecule has 0 heteroatoms. The molecule has 3 atom stereocenters. The number of allylic oxidation sites excluding steroid dienone is 2. The van der Waals surface area contributed by atoms with Gasteiger partial charge in [-0.2, -0.15) is 0 Å². The molecule has 0 saturated heterocycles. The second-order valence-corrected chi connectivity index (χ2v) is 9.09. The molecule has 0 unspecified atom stereocenters. The molecule has 144 valence electrons. The van der Waals surface area contributed by atoms with Crippen LogP contribution >= 0.6 is 0 Å². The van der Waals surface area contributed by atoms with E-state index in [0.29, 0.717) is 17.8 Å². The number of benzene rings is 3. The van der Waals surface area contributed by atoms with E-state index in [2.05, 4.69) is 111 Å². The SMILES string of the molecule is C=C1[C@@H]2C[C@@H](C(=C(c3ccccc3)c3ccccc3)[C@H]2c2ccccc2)C1(C)C. The summed E-state index contributed by atoms with van der Waals surface area (Å²) in [5.41, 5.74) is 8.67. The van der Waals surface area contributed by atoms with Crippen LogP contribution in [0.15, 0.2) is 109 Å². The highest BCUT2D eigenvalue weighted by molar-refractivity contribution is 5.84. The molecule has 3 aromatic rings. The Bertz CT molecular complexity index is 1010. The molecule has 2 bridgehead atoms. The minimum Gasteiger partial charge on any atom is -0.0990 e. The van der Waals surface area contributed by atoms with Crippen LogP contribution in [0.1, 0.15) is 42.9 Å². The Morgan fingerprint density at radius 1 is 0.759 bits per heavy atom. The van der Waals surface area contributed by atoms with E-state index >= 15 is 0 Å². The fourth-order valence-electron chi connectivity index (χ4n) is 5.79. The summed E-state index contributed by atoms with van der Waals surface area (Å²) in [5.74, 6) is 1.47. The van der Waals surface area contributed by atoms with E-state index in [-0.39, 0.29) is 5.41 Å². The van der Waals surface area contributed by atoms with Gasteiger partial charge in [0.05, 0.1) is 0 Å². The van der Waals surface area contributed by atoms with Gasteiger partial charge in [0.15, 0.2) is 0 Å². The molecule has 2 fully saturated rings. The Hall–Kier alpha value is -2.86. The van der Waals surface area contributed by atoms with E-state index in [1.807, 2.05) is 0 Å². The smallest absolute Gasteiger partial charge is 0.0126 e. The van der Waals surface area contributed by atoms with Crippen LogP contribution in [0.5, 0.6) is 0 Å². The first-order chi connectivity index (χ1) is 14.1. The minimum atomic E-state index is 0.139. The average molecular weight is 377 g/mol. The van der Waals surface area contributed by atoms with E-state index < -0.39 is 0 Å². The average Bonchev–Trinajstić information content (AvgIpc) is 3.25. The molecule has 2 saturated carbocycles. The monoisotopic (exact) mass is 376 g/mol. The number of rotatable bonds is 3. The van der Waals surface area contributed by atoms with Crippen molar-refractivity contribution in [2.45, 2.75) is 26.2 Å². The van der Waals surface area contributed by atoms with Crippen LogP contribution in [0.4, 0.5) is 0 Å². The van der Waals surface area contributed by atoms with Gasteiger partial charge in [0.2, 0.25) is 0 Å². The molecule has 0 radical (unpaired) electrons. The summed E-state index contributed by atoms with van der Waals surface area (Å²) in [6.45, 7) is 9.38. The van der Waals surface area contributed by atoms with Gasteiger partial charge in [0.1, 0.15) is 0 Å². The summed E-state index contributed by atoms with van der Waals surface area (Å²) in [4.78, 5) is 0. The van der Waals surface area contributed by atoms with Gasteiger partial charge in [-0.1, -0.05) is 117 Å². The standard InChI is InChI=1S/C29H28/c1-20-24-19-25(29(20,2)3)28(27(24)23-17-11-6-12-18-23)26(21-13-7-4-8-14-21)22-15-9-5-10-16-22/h4-18,24-25,27H,1,19H2,2-3H3/t24-,25-,27-/m0/s1. The van der Waals surface area contributed by atoms with E-state index in [9.17, 15) is 0 Å². The fourth-order valence-corrected chi connectivity index (χ4v) is 5.79. The van der Waals surface area contributed by atoms with Crippen LogP contribution < -0.4 is 0 Å². The highest BCUT2D eigenvalue weighted by Gasteiger charge is 2.56. The molecular weight excluding hydrogens is 348 g/mol. The molecule has 0 aromatic heterocycles. The van der Waals surface area contributed by atoms with Crippen molar-refractivity contribution in [1.29, 1.82) is 0 Å². The molecule has 0 amide bonds. The van der Waals surface area contributed by atoms with Gasteiger partial charge in [-0.25, -0.2) is 0 Å². The predicted molar refractivity (Wildman–Crippen MR) is 123 cm³/mol. The highest BCUT2D eigenvalue weighted by Crippen LogP contribution is 2.67. The Balaban J connectivity index is 1.82. The van der Waals surface area contributed by atoms with Gasteiger partial charge >= 0.3 is 0 Å². The normalized spacial score (nSPS) is 24.7. The topological polar surface area (TPSA) is 0 Å². The van der Waals surface area contributed by atoms with Crippen molar-refractivity contribution in [1.82, 2.24) is 0 Å². The van der Waals surface area contributed by atoms with Crippen molar-refractivity contribution < 1.29 is 0 Å². The van der Waals surface area contributed by atoms with Crippen LogP contribution in [0.25, 0.3) is 5.57 Å². The third kappa shape index (κ3) is 2.82. The van der Waals surface area contributed by atoms with Crippen LogP contribution in [0, 0.1) is 17.3 Å². The zero-order chi connectivity index (χ0) is 20.0. The molecule has 29 heavy (non-hydrogen) atoms. The zero-order valence-corrected chi connectivity index (χ0v) is 17.3. The van der Waals surface area contributed by atoms with Gasteiger partial charge in [0, 0.05) is 5.92 Å².